The van der Waals surface area contributed by atoms with Crippen LogP contribution in [0.3, 0.4) is 0 Å². The highest BCUT2D eigenvalue weighted by Crippen LogP contribution is 2.71. The van der Waals surface area contributed by atoms with Gasteiger partial charge in [-0.1, -0.05) is 51.1 Å². The van der Waals surface area contributed by atoms with Gasteiger partial charge < -0.3 is 5.11 Å². The Bertz CT molecular complexity index is 883. The predicted octanol–water partition coefficient (Wildman–Crippen LogP) is 6.43. The number of rotatable bonds is 1. The molecule has 0 amide bonds. The van der Waals surface area contributed by atoms with Gasteiger partial charge in [-0.05, 0) is 103 Å². The van der Waals surface area contributed by atoms with Gasteiger partial charge in [0.1, 0.15) is 0 Å². The number of fused-ring (bicyclic) bond motifs is 5. The van der Waals surface area contributed by atoms with Gasteiger partial charge in [-0.15, -0.1) is 0 Å². The lowest BCUT2D eigenvalue weighted by molar-refractivity contribution is -0.169. The van der Waals surface area contributed by atoms with Gasteiger partial charge in [0.2, 0.25) is 0 Å². The summed E-state index contributed by atoms with van der Waals surface area (Å²) in [5.41, 5.74) is 1.99. The lowest BCUT2D eigenvalue weighted by Crippen LogP contribution is -2.59. The van der Waals surface area contributed by atoms with Crippen LogP contribution >= 0.6 is 0 Å². The third-order valence-corrected chi connectivity index (χ3v) is 10.8. The summed E-state index contributed by atoms with van der Waals surface area (Å²) in [5.74, 6) is 2.35. The minimum Gasteiger partial charge on any atom is -0.390 e. The van der Waals surface area contributed by atoms with Crippen molar-refractivity contribution in [2.45, 2.75) is 84.7 Å². The summed E-state index contributed by atoms with van der Waals surface area (Å²) in [6.07, 6.45) is 10.6. The number of aliphatic hydroxyl groups is 1. The van der Waals surface area contributed by atoms with Crippen molar-refractivity contribution < 1.29 is 9.90 Å². The Morgan fingerprint density at radius 1 is 0.867 bits per heavy atom. The van der Waals surface area contributed by atoms with Gasteiger partial charge in [0, 0.05) is 6.42 Å². The molecule has 0 heterocycles. The molecule has 1 aromatic rings. The molecule has 30 heavy (non-hydrogen) atoms. The van der Waals surface area contributed by atoms with E-state index in [1.165, 1.54) is 19.3 Å². The number of carbonyl (C=O) groups is 1. The van der Waals surface area contributed by atoms with E-state index in [1.807, 2.05) is 6.07 Å². The molecule has 1 N–H and O–H groups in total. The SMILES string of the molecule is CC12CC(=Cc3ccccc3)C(=O)C[C@]1(C)CCC1C2CCC2(C)C1CC[C@]2(C)O. The maximum atomic E-state index is 13.2. The molecular formula is C28H38O2. The summed E-state index contributed by atoms with van der Waals surface area (Å²) in [7, 11) is 0. The predicted molar refractivity (Wildman–Crippen MR) is 122 cm³/mol. The van der Waals surface area contributed by atoms with Gasteiger partial charge in [0.05, 0.1) is 5.60 Å². The molecule has 0 aromatic heterocycles. The lowest BCUT2D eigenvalue weighted by atomic mass is 9.40. The van der Waals surface area contributed by atoms with Crippen molar-refractivity contribution in [2.75, 3.05) is 0 Å². The number of Topliss-reactive ketones (excluding diaryl/α,β-unsaturated/α-hetero) is 1. The van der Waals surface area contributed by atoms with E-state index in [0.717, 1.165) is 36.8 Å². The van der Waals surface area contributed by atoms with Crippen LogP contribution in [-0.4, -0.2) is 16.5 Å². The highest BCUT2D eigenvalue weighted by Gasteiger charge is 2.65. The highest BCUT2D eigenvalue weighted by molar-refractivity contribution is 6.01. The first-order valence-corrected chi connectivity index (χ1v) is 12.1. The summed E-state index contributed by atoms with van der Waals surface area (Å²) < 4.78 is 0. The summed E-state index contributed by atoms with van der Waals surface area (Å²) >= 11 is 0. The van der Waals surface area contributed by atoms with E-state index < -0.39 is 5.60 Å². The first-order valence-electron chi connectivity index (χ1n) is 12.1. The zero-order chi connectivity index (χ0) is 21.4. The second-order valence-electron chi connectivity index (χ2n) is 12.0. The molecule has 4 fully saturated rings. The third kappa shape index (κ3) is 2.68. The summed E-state index contributed by atoms with van der Waals surface area (Å²) in [6, 6.07) is 10.3. The second-order valence-corrected chi connectivity index (χ2v) is 12.0. The highest BCUT2D eigenvalue weighted by atomic mass is 16.3. The van der Waals surface area contributed by atoms with Crippen molar-refractivity contribution in [3.8, 4) is 0 Å². The fraction of sp³-hybridized carbons (Fsp3) is 0.679. The Kier molecular flexibility index (Phi) is 4.47. The van der Waals surface area contributed by atoms with Crippen molar-refractivity contribution in [3.05, 3.63) is 41.5 Å². The Labute approximate surface area is 182 Å². The minimum atomic E-state index is -0.523. The normalized spacial score (nSPS) is 49.4. The molecule has 0 radical (unpaired) electrons. The Balaban J connectivity index is 1.50. The Morgan fingerprint density at radius 3 is 2.27 bits per heavy atom. The number of benzene rings is 1. The van der Waals surface area contributed by atoms with Crippen LogP contribution in [0.4, 0.5) is 0 Å². The Hall–Kier alpha value is -1.41. The van der Waals surface area contributed by atoms with Gasteiger partial charge >= 0.3 is 0 Å². The quantitative estimate of drug-likeness (QED) is 0.545. The molecule has 4 aliphatic carbocycles. The van der Waals surface area contributed by atoms with Crippen LogP contribution in [0.5, 0.6) is 0 Å². The molecule has 1 aromatic carbocycles. The molecular weight excluding hydrogens is 368 g/mol. The molecule has 162 valence electrons. The second kappa shape index (κ2) is 6.55. The molecule has 4 saturated carbocycles. The zero-order valence-electron chi connectivity index (χ0n) is 19.2. The minimum absolute atomic E-state index is 0.0610. The van der Waals surface area contributed by atoms with E-state index in [-0.39, 0.29) is 16.2 Å². The summed E-state index contributed by atoms with van der Waals surface area (Å²) in [5, 5.41) is 11.2. The van der Waals surface area contributed by atoms with E-state index in [0.29, 0.717) is 30.0 Å². The largest absolute Gasteiger partial charge is 0.390 e. The average Bonchev–Trinajstić information content (AvgIpc) is 2.94. The van der Waals surface area contributed by atoms with Crippen LogP contribution in [0, 0.1) is 34.0 Å². The molecule has 0 spiro atoms. The Morgan fingerprint density at radius 2 is 1.53 bits per heavy atom. The van der Waals surface area contributed by atoms with Gasteiger partial charge in [0.25, 0.3) is 0 Å². The van der Waals surface area contributed by atoms with Crippen molar-refractivity contribution >= 4 is 11.9 Å². The zero-order valence-corrected chi connectivity index (χ0v) is 19.2. The van der Waals surface area contributed by atoms with Crippen LogP contribution in [0.15, 0.2) is 35.9 Å². The van der Waals surface area contributed by atoms with Crippen molar-refractivity contribution in [3.63, 3.8) is 0 Å². The average molecular weight is 407 g/mol. The number of carbonyl (C=O) groups excluding carboxylic acids is 1. The molecule has 0 aliphatic heterocycles. The van der Waals surface area contributed by atoms with E-state index in [4.69, 9.17) is 0 Å². The van der Waals surface area contributed by atoms with Crippen LogP contribution in [0.2, 0.25) is 0 Å². The number of hydrogen-bond acceptors (Lipinski definition) is 2. The number of allylic oxidation sites excluding steroid dienone is 1. The molecule has 7 atom stereocenters. The van der Waals surface area contributed by atoms with Crippen LogP contribution in [0.1, 0.15) is 84.6 Å². The topological polar surface area (TPSA) is 37.3 Å². The molecule has 0 saturated heterocycles. The fourth-order valence-electron chi connectivity index (χ4n) is 8.42. The fourth-order valence-corrected chi connectivity index (χ4v) is 8.42. The van der Waals surface area contributed by atoms with Gasteiger partial charge in [-0.2, -0.15) is 0 Å². The van der Waals surface area contributed by atoms with Gasteiger partial charge in [-0.25, -0.2) is 0 Å². The molecule has 5 rings (SSSR count). The van der Waals surface area contributed by atoms with E-state index >= 15 is 0 Å². The third-order valence-electron chi connectivity index (χ3n) is 10.8. The maximum Gasteiger partial charge on any atom is 0.159 e. The number of ketones is 1. The first kappa shape index (κ1) is 20.5. The molecule has 2 heteroatoms. The van der Waals surface area contributed by atoms with Crippen LogP contribution in [-0.2, 0) is 4.79 Å². The lowest BCUT2D eigenvalue weighted by Gasteiger charge is -2.64. The summed E-state index contributed by atoms with van der Waals surface area (Å²) in [6.45, 7) is 9.36. The molecule has 0 bridgehead atoms. The van der Waals surface area contributed by atoms with Crippen molar-refractivity contribution in [1.29, 1.82) is 0 Å². The van der Waals surface area contributed by atoms with E-state index in [2.05, 4.69) is 58.0 Å². The monoisotopic (exact) mass is 406 g/mol. The molecule has 4 aliphatic rings. The molecule has 5 unspecified atom stereocenters. The smallest absolute Gasteiger partial charge is 0.159 e. The van der Waals surface area contributed by atoms with Gasteiger partial charge in [0.15, 0.2) is 5.78 Å². The van der Waals surface area contributed by atoms with Gasteiger partial charge in [-0.3, -0.25) is 4.79 Å². The van der Waals surface area contributed by atoms with Crippen LogP contribution in [0.25, 0.3) is 6.08 Å². The summed E-state index contributed by atoms with van der Waals surface area (Å²) in [4.78, 5) is 13.2. The first-order chi connectivity index (χ1) is 14.1. The van der Waals surface area contributed by atoms with E-state index in [9.17, 15) is 9.90 Å². The maximum absolute atomic E-state index is 13.2. The van der Waals surface area contributed by atoms with E-state index in [1.54, 1.807) is 0 Å². The molecule has 2 nitrogen and oxygen atoms in total. The number of hydrogen-bond donors (Lipinski definition) is 1. The van der Waals surface area contributed by atoms with Crippen molar-refractivity contribution in [1.82, 2.24) is 0 Å². The van der Waals surface area contributed by atoms with Crippen LogP contribution < -0.4 is 0 Å². The standard InChI is InChI=1S/C28H38O2/c1-25-13-10-21-22-12-15-28(4,30)26(22,2)14-11-23(21)27(25,3)17-20(24(29)18-25)16-19-8-6-5-7-9-19/h5-9,16,21-23,30H,10-15,17-18H2,1-4H3/t21?,22?,23?,25-,26?,27?,28-/m0/s1. The van der Waals surface area contributed by atoms with Crippen molar-refractivity contribution in [2.24, 2.45) is 34.0 Å².